The molecule has 98 valence electrons. The number of hydrogen-bond donors (Lipinski definition) is 1. The fraction of sp³-hybridized carbons (Fsp3) is 0. The predicted molar refractivity (Wildman–Crippen MR) is 86.0 cm³/mol. The molecule has 21 heavy (non-hydrogen) atoms. The Labute approximate surface area is 122 Å². The third-order valence-corrected chi connectivity index (χ3v) is 3.81. The smallest absolute Gasteiger partial charge is 0.0992 e. The Morgan fingerprint density at radius 1 is 0.762 bits per heavy atom. The van der Waals surface area contributed by atoms with Crippen molar-refractivity contribution in [2.24, 2.45) is 0 Å². The number of benzene rings is 3. The van der Waals surface area contributed by atoms with Gasteiger partial charge in [0.1, 0.15) is 0 Å². The van der Waals surface area contributed by atoms with Gasteiger partial charge in [-0.25, -0.2) is 0 Å². The highest BCUT2D eigenvalue weighted by molar-refractivity contribution is 5.91. The molecule has 4 rings (SSSR count). The summed E-state index contributed by atoms with van der Waals surface area (Å²) in [4.78, 5) is 3.40. The van der Waals surface area contributed by atoms with Crippen LogP contribution in [0, 0.1) is 11.3 Å². The zero-order valence-electron chi connectivity index (χ0n) is 11.3. The number of H-pyrrole nitrogens is 1. The summed E-state index contributed by atoms with van der Waals surface area (Å²) in [6.45, 7) is 0. The van der Waals surface area contributed by atoms with E-state index in [4.69, 9.17) is 5.26 Å². The Morgan fingerprint density at radius 3 is 2.43 bits per heavy atom. The monoisotopic (exact) mass is 268 g/mol. The van der Waals surface area contributed by atoms with E-state index in [9.17, 15) is 0 Å². The van der Waals surface area contributed by atoms with E-state index in [-0.39, 0.29) is 0 Å². The van der Waals surface area contributed by atoms with Crippen LogP contribution in [0.5, 0.6) is 0 Å². The van der Waals surface area contributed by atoms with Gasteiger partial charge < -0.3 is 4.98 Å². The highest BCUT2D eigenvalue weighted by Gasteiger charge is 2.05. The average Bonchev–Trinajstić information content (AvgIpc) is 2.97. The van der Waals surface area contributed by atoms with Crippen LogP contribution in [0.15, 0.2) is 66.7 Å². The summed E-state index contributed by atoms with van der Waals surface area (Å²) < 4.78 is 0. The minimum Gasteiger partial charge on any atom is -0.354 e. The lowest BCUT2D eigenvalue weighted by Crippen LogP contribution is -1.78. The van der Waals surface area contributed by atoms with Crippen molar-refractivity contribution >= 4 is 21.7 Å². The van der Waals surface area contributed by atoms with Gasteiger partial charge in [0.15, 0.2) is 0 Å². The molecule has 0 aliphatic heterocycles. The molecule has 1 aromatic heterocycles. The van der Waals surface area contributed by atoms with Gasteiger partial charge in [-0.2, -0.15) is 5.26 Å². The predicted octanol–water partition coefficient (Wildman–Crippen LogP) is 4.86. The average molecular weight is 268 g/mol. The van der Waals surface area contributed by atoms with Crippen molar-refractivity contribution in [3.8, 4) is 17.3 Å². The number of nitrogens with zero attached hydrogens (tertiary/aromatic N) is 1. The normalized spacial score (nSPS) is 10.8. The molecule has 0 spiro atoms. The van der Waals surface area contributed by atoms with Crippen LogP contribution in [-0.4, -0.2) is 4.98 Å². The number of nitrogens with one attached hydrogen (secondary N) is 1. The highest BCUT2D eigenvalue weighted by Crippen LogP contribution is 2.27. The van der Waals surface area contributed by atoms with Crippen molar-refractivity contribution in [1.29, 1.82) is 5.26 Å². The molecule has 2 heteroatoms. The number of fused-ring (bicyclic) bond motifs is 2. The van der Waals surface area contributed by atoms with Crippen LogP contribution in [0.1, 0.15) is 5.56 Å². The fourth-order valence-corrected chi connectivity index (χ4v) is 2.71. The van der Waals surface area contributed by atoms with Gasteiger partial charge in [0.05, 0.1) is 11.6 Å². The first kappa shape index (κ1) is 11.7. The summed E-state index contributed by atoms with van der Waals surface area (Å²) in [5.41, 5.74) is 3.90. The van der Waals surface area contributed by atoms with Gasteiger partial charge >= 0.3 is 0 Å². The van der Waals surface area contributed by atoms with Gasteiger partial charge in [-0.1, -0.05) is 42.5 Å². The van der Waals surface area contributed by atoms with E-state index in [0.717, 1.165) is 22.2 Å². The van der Waals surface area contributed by atoms with Crippen LogP contribution >= 0.6 is 0 Å². The number of nitriles is 1. The van der Waals surface area contributed by atoms with Crippen molar-refractivity contribution in [1.82, 2.24) is 4.98 Å². The maximum atomic E-state index is 8.98. The minimum atomic E-state index is 0.675. The first-order chi connectivity index (χ1) is 10.3. The van der Waals surface area contributed by atoms with Gasteiger partial charge in [0.2, 0.25) is 0 Å². The van der Waals surface area contributed by atoms with Gasteiger partial charge in [-0.05, 0) is 40.6 Å². The molecule has 2 nitrogen and oxygen atoms in total. The molecule has 1 heterocycles. The van der Waals surface area contributed by atoms with Crippen molar-refractivity contribution < 1.29 is 0 Å². The van der Waals surface area contributed by atoms with Gasteiger partial charge in [-0.3, -0.25) is 0 Å². The highest BCUT2D eigenvalue weighted by atomic mass is 14.7. The standard InChI is InChI=1S/C19H12N2/c20-12-13-5-6-17-11-19(21-18(17)9-13)16-8-7-14-3-1-2-4-15(14)10-16/h1-11,21H. The maximum Gasteiger partial charge on any atom is 0.0992 e. The molecule has 0 radical (unpaired) electrons. The van der Waals surface area contributed by atoms with Crippen molar-refractivity contribution in [2.45, 2.75) is 0 Å². The molecule has 0 aliphatic rings. The van der Waals surface area contributed by atoms with Crippen molar-refractivity contribution in [3.05, 3.63) is 72.3 Å². The number of hydrogen-bond acceptors (Lipinski definition) is 1. The lowest BCUT2D eigenvalue weighted by atomic mass is 10.1. The Hall–Kier alpha value is -3.05. The minimum absolute atomic E-state index is 0.675. The number of aromatic nitrogens is 1. The molecule has 0 saturated heterocycles. The second kappa shape index (κ2) is 4.50. The molecule has 0 aliphatic carbocycles. The Balaban J connectivity index is 1.89. The summed E-state index contributed by atoms with van der Waals surface area (Å²) in [7, 11) is 0. The summed E-state index contributed by atoms with van der Waals surface area (Å²) in [5, 5.41) is 12.6. The summed E-state index contributed by atoms with van der Waals surface area (Å²) in [6, 6.07) is 24.8. The lowest BCUT2D eigenvalue weighted by molar-refractivity contribution is 1.45. The van der Waals surface area contributed by atoms with Crippen LogP contribution in [-0.2, 0) is 0 Å². The fourth-order valence-electron chi connectivity index (χ4n) is 2.71. The Kier molecular flexibility index (Phi) is 2.52. The zero-order valence-corrected chi connectivity index (χ0v) is 11.3. The first-order valence-electron chi connectivity index (χ1n) is 6.85. The van der Waals surface area contributed by atoms with E-state index in [2.05, 4.69) is 53.5 Å². The molecule has 0 atom stereocenters. The molecule has 1 N–H and O–H groups in total. The second-order valence-electron chi connectivity index (χ2n) is 5.16. The van der Waals surface area contributed by atoms with Gasteiger partial charge in [0.25, 0.3) is 0 Å². The van der Waals surface area contributed by atoms with Gasteiger partial charge in [0, 0.05) is 16.6 Å². The molecule has 0 unspecified atom stereocenters. The molecule has 0 amide bonds. The third kappa shape index (κ3) is 1.96. The van der Waals surface area contributed by atoms with E-state index in [1.54, 1.807) is 0 Å². The summed E-state index contributed by atoms with van der Waals surface area (Å²) in [6.07, 6.45) is 0. The largest absolute Gasteiger partial charge is 0.354 e. The Bertz CT molecular complexity index is 1000. The van der Waals surface area contributed by atoms with E-state index in [0.29, 0.717) is 5.56 Å². The summed E-state index contributed by atoms with van der Waals surface area (Å²) in [5.74, 6) is 0. The zero-order chi connectivity index (χ0) is 14.2. The third-order valence-electron chi connectivity index (χ3n) is 3.81. The molecular formula is C19H12N2. The Morgan fingerprint density at radius 2 is 1.57 bits per heavy atom. The van der Waals surface area contributed by atoms with Crippen LogP contribution in [0.3, 0.4) is 0 Å². The molecule has 4 aromatic rings. The van der Waals surface area contributed by atoms with Crippen LogP contribution in [0.2, 0.25) is 0 Å². The molecule has 0 fully saturated rings. The maximum absolute atomic E-state index is 8.98. The number of aromatic amines is 1. The van der Waals surface area contributed by atoms with Crippen LogP contribution in [0.25, 0.3) is 32.9 Å². The van der Waals surface area contributed by atoms with Crippen molar-refractivity contribution in [3.63, 3.8) is 0 Å². The SMILES string of the molecule is N#Cc1ccc2cc(-c3ccc4ccccc4c3)[nH]c2c1. The van der Waals surface area contributed by atoms with E-state index < -0.39 is 0 Å². The molecular weight excluding hydrogens is 256 g/mol. The lowest BCUT2D eigenvalue weighted by Gasteiger charge is -2.01. The van der Waals surface area contributed by atoms with E-state index >= 15 is 0 Å². The van der Waals surface area contributed by atoms with Crippen LogP contribution in [0.4, 0.5) is 0 Å². The van der Waals surface area contributed by atoms with Crippen LogP contribution < -0.4 is 0 Å². The quantitative estimate of drug-likeness (QED) is 0.526. The van der Waals surface area contributed by atoms with E-state index in [1.807, 2.05) is 24.3 Å². The van der Waals surface area contributed by atoms with Gasteiger partial charge in [-0.15, -0.1) is 0 Å². The topological polar surface area (TPSA) is 39.6 Å². The molecule has 0 saturated carbocycles. The molecule has 3 aromatic carbocycles. The second-order valence-corrected chi connectivity index (χ2v) is 5.16. The molecule has 0 bridgehead atoms. The van der Waals surface area contributed by atoms with Crippen molar-refractivity contribution in [2.75, 3.05) is 0 Å². The first-order valence-corrected chi connectivity index (χ1v) is 6.85. The van der Waals surface area contributed by atoms with E-state index in [1.165, 1.54) is 10.8 Å². The summed E-state index contributed by atoms with van der Waals surface area (Å²) >= 11 is 0. The number of rotatable bonds is 1.